The molecule has 0 amide bonds. The molecule has 2 rings (SSSR count). The lowest BCUT2D eigenvalue weighted by molar-refractivity contribution is 0.822. The summed E-state index contributed by atoms with van der Waals surface area (Å²) in [6.07, 6.45) is 0. The Balaban J connectivity index is 2.21. The lowest BCUT2D eigenvalue weighted by Gasteiger charge is -2.21. The highest BCUT2D eigenvalue weighted by molar-refractivity contribution is 7.09. The number of nitrogens with zero attached hydrogens (tertiary/aromatic N) is 2. The molecule has 0 atom stereocenters. The lowest BCUT2D eigenvalue weighted by Crippen LogP contribution is -2.24. The van der Waals surface area contributed by atoms with Gasteiger partial charge in [-0.3, -0.25) is 5.41 Å². The van der Waals surface area contributed by atoms with Gasteiger partial charge in [0.2, 0.25) is 0 Å². The summed E-state index contributed by atoms with van der Waals surface area (Å²) in [6, 6.07) is 9.75. The van der Waals surface area contributed by atoms with Gasteiger partial charge in [0.1, 0.15) is 17.3 Å². The summed E-state index contributed by atoms with van der Waals surface area (Å²) in [5, 5.41) is 9.50. The number of amidine groups is 1. The zero-order valence-corrected chi connectivity index (χ0v) is 11.1. The van der Waals surface area contributed by atoms with Gasteiger partial charge in [0, 0.05) is 11.4 Å². The Labute approximate surface area is 111 Å². The first-order chi connectivity index (χ1) is 8.70. The smallest absolute Gasteiger partial charge is 0.141 e. The second kappa shape index (κ2) is 5.64. The predicted molar refractivity (Wildman–Crippen MR) is 76.3 cm³/mol. The molecule has 0 aromatic carbocycles. The molecule has 94 valence electrons. The highest BCUT2D eigenvalue weighted by atomic mass is 32.1. The summed E-state index contributed by atoms with van der Waals surface area (Å²) in [5.74, 6) is 0.864. The minimum absolute atomic E-state index is 0.00373. The third-order valence-electron chi connectivity index (χ3n) is 2.64. The van der Waals surface area contributed by atoms with Crippen molar-refractivity contribution < 1.29 is 0 Å². The van der Waals surface area contributed by atoms with E-state index in [0.29, 0.717) is 5.69 Å². The second-order valence-electron chi connectivity index (χ2n) is 3.89. The first-order valence-electron chi connectivity index (χ1n) is 5.79. The van der Waals surface area contributed by atoms with Crippen LogP contribution < -0.4 is 10.6 Å². The average Bonchev–Trinajstić information content (AvgIpc) is 2.89. The Morgan fingerprint density at radius 2 is 2.22 bits per heavy atom. The number of rotatable bonds is 5. The van der Waals surface area contributed by atoms with E-state index in [1.165, 1.54) is 4.88 Å². The Kier molecular flexibility index (Phi) is 3.94. The highest BCUT2D eigenvalue weighted by Crippen LogP contribution is 2.17. The maximum absolute atomic E-state index is 7.43. The van der Waals surface area contributed by atoms with Crippen LogP contribution in [-0.4, -0.2) is 17.4 Å². The summed E-state index contributed by atoms with van der Waals surface area (Å²) in [7, 11) is 0. The van der Waals surface area contributed by atoms with Gasteiger partial charge >= 0.3 is 0 Å². The van der Waals surface area contributed by atoms with Crippen molar-refractivity contribution >= 4 is 23.0 Å². The molecule has 2 aromatic rings. The fourth-order valence-corrected chi connectivity index (χ4v) is 2.41. The zero-order valence-electron chi connectivity index (χ0n) is 10.3. The Bertz CT molecular complexity index is 522. The van der Waals surface area contributed by atoms with Crippen molar-refractivity contribution in [3.05, 3.63) is 46.3 Å². The van der Waals surface area contributed by atoms with Crippen LogP contribution in [0.5, 0.6) is 0 Å². The molecule has 2 heterocycles. The molecule has 0 aliphatic carbocycles. The van der Waals surface area contributed by atoms with E-state index in [9.17, 15) is 0 Å². The molecular weight excluding hydrogens is 244 g/mol. The van der Waals surface area contributed by atoms with Gasteiger partial charge in [-0.05, 0) is 30.5 Å². The van der Waals surface area contributed by atoms with Crippen LogP contribution in [0.2, 0.25) is 0 Å². The molecule has 5 heteroatoms. The first kappa shape index (κ1) is 12.6. The van der Waals surface area contributed by atoms with Crippen molar-refractivity contribution in [2.75, 3.05) is 11.4 Å². The normalized spacial score (nSPS) is 10.3. The second-order valence-corrected chi connectivity index (χ2v) is 4.92. The molecular formula is C13H16N4S. The summed E-state index contributed by atoms with van der Waals surface area (Å²) in [5.41, 5.74) is 5.99. The van der Waals surface area contributed by atoms with Crippen LogP contribution in [0.4, 0.5) is 5.82 Å². The highest BCUT2D eigenvalue weighted by Gasteiger charge is 2.08. The number of hydrogen-bond acceptors (Lipinski definition) is 4. The van der Waals surface area contributed by atoms with E-state index in [1.807, 2.05) is 18.2 Å². The average molecular weight is 260 g/mol. The van der Waals surface area contributed by atoms with E-state index < -0.39 is 0 Å². The van der Waals surface area contributed by atoms with E-state index in [0.717, 1.165) is 18.9 Å². The molecule has 0 aliphatic rings. The molecule has 3 N–H and O–H groups in total. The largest absolute Gasteiger partial charge is 0.382 e. The van der Waals surface area contributed by atoms with E-state index in [2.05, 4.69) is 28.3 Å². The third kappa shape index (κ3) is 2.87. The number of hydrogen-bond donors (Lipinski definition) is 2. The maximum atomic E-state index is 7.43. The van der Waals surface area contributed by atoms with Gasteiger partial charge in [-0.15, -0.1) is 11.3 Å². The van der Waals surface area contributed by atoms with E-state index in [-0.39, 0.29) is 5.84 Å². The lowest BCUT2D eigenvalue weighted by atomic mass is 10.3. The molecule has 0 fully saturated rings. The van der Waals surface area contributed by atoms with Gasteiger partial charge in [-0.2, -0.15) is 0 Å². The third-order valence-corrected chi connectivity index (χ3v) is 3.50. The zero-order chi connectivity index (χ0) is 13.0. The van der Waals surface area contributed by atoms with Gasteiger partial charge in [-0.25, -0.2) is 4.98 Å². The van der Waals surface area contributed by atoms with Crippen LogP contribution >= 0.6 is 11.3 Å². The molecule has 2 aromatic heterocycles. The van der Waals surface area contributed by atoms with Crippen LogP contribution in [0.3, 0.4) is 0 Å². The Hall–Kier alpha value is -1.88. The number of thiophene rings is 1. The van der Waals surface area contributed by atoms with Crippen molar-refractivity contribution in [2.45, 2.75) is 13.5 Å². The quantitative estimate of drug-likeness (QED) is 0.641. The summed E-state index contributed by atoms with van der Waals surface area (Å²) >= 11 is 1.74. The fourth-order valence-electron chi connectivity index (χ4n) is 1.69. The Morgan fingerprint density at radius 1 is 1.39 bits per heavy atom. The van der Waals surface area contributed by atoms with E-state index in [4.69, 9.17) is 11.1 Å². The number of nitrogen functional groups attached to an aromatic ring is 1. The number of anilines is 1. The van der Waals surface area contributed by atoms with Gasteiger partial charge in [-0.1, -0.05) is 12.1 Å². The SMILES string of the molecule is CCN(Cc1cccs1)c1cccc(C(=N)N)n1. The summed E-state index contributed by atoms with van der Waals surface area (Å²) < 4.78 is 0. The van der Waals surface area contributed by atoms with Crippen LogP contribution in [-0.2, 0) is 6.54 Å². The molecule has 0 unspecified atom stereocenters. The molecule has 0 spiro atoms. The van der Waals surface area contributed by atoms with Crippen molar-refractivity contribution in [1.82, 2.24) is 4.98 Å². The molecule has 0 radical (unpaired) electrons. The van der Waals surface area contributed by atoms with E-state index >= 15 is 0 Å². The van der Waals surface area contributed by atoms with Gasteiger partial charge in [0.05, 0.1) is 6.54 Å². The van der Waals surface area contributed by atoms with Gasteiger partial charge in [0.15, 0.2) is 0 Å². The van der Waals surface area contributed by atoms with E-state index in [1.54, 1.807) is 17.4 Å². The maximum Gasteiger partial charge on any atom is 0.141 e. The fraction of sp³-hybridized carbons (Fsp3) is 0.231. The minimum Gasteiger partial charge on any atom is -0.382 e. The molecule has 0 bridgehead atoms. The molecule has 0 saturated carbocycles. The first-order valence-corrected chi connectivity index (χ1v) is 6.67. The summed E-state index contributed by atoms with van der Waals surface area (Å²) in [4.78, 5) is 7.87. The Morgan fingerprint density at radius 3 is 2.83 bits per heavy atom. The van der Waals surface area contributed by atoms with Crippen molar-refractivity contribution in [1.29, 1.82) is 5.41 Å². The standard InChI is InChI=1S/C13H16N4S/c1-2-17(9-10-5-4-8-18-10)12-7-3-6-11(16-12)13(14)15/h3-8H,2,9H2,1H3,(H3,14,15). The van der Waals surface area contributed by atoms with Crippen LogP contribution in [0, 0.1) is 5.41 Å². The van der Waals surface area contributed by atoms with Crippen molar-refractivity contribution in [3.63, 3.8) is 0 Å². The number of pyridine rings is 1. The van der Waals surface area contributed by atoms with Gasteiger partial charge in [0.25, 0.3) is 0 Å². The number of aromatic nitrogens is 1. The molecule has 18 heavy (non-hydrogen) atoms. The minimum atomic E-state index is 0.00373. The molecule has 0 saturated heterocycles. The van der Waals surface area contributed by atoms with Crippen LogP contribution in [0.15, 0.2) is 35.7 Å². The van der Waals surface area contributed by atoms with Crippen LogP contribution in [0.25, 0.3) is 0 Å². The van der Waals surface area contributed by atoms with Crippen LogP contribution in [0.1, 0.15) is 17.5 Å². The topological polar surface area (TPSA) is 66.0 Å². The van der Waals surface area contributed by atoms with Crippen molar-refractivity contribution in [3.8, 4) is 0 Å². The summed E-state index contributed by atoms with van der Waals surface area (Å²) in [6.45, 7) is 3.80. The monoisotopic (exact) mass is 260 g/mol. The predicted octanol–water partition coefficient (Wildman–Crippen LogP) is 2.45. The van der Waals surface area contributed by atoms with Gasteiger partial charge < -0.3 is 10.6 Å². The molecule has 0 aliphatic heterocycles. The van der Waals surface area contributed by atoms with Crippen molar-refractivity contribution in [2.24, 2.45) is 5.73 Å². The number of nitrogens with one attached hydrogen (secondary N) is 1. The number of nitrogens with two attached hydrogens (primary N) is 1. The molecule has 4 nitrogen and oxygen atoms in total.